The molecule has 0 amide bonds. The first-order chi connectivity index (χ1) is 9.84. The summed E-state index contributed by atoms with van der Waals surface area (Å²) in [6.45, 7) is 10.4. The number of nitrogens with zero attached hydrogens (tertiary/aromatic N) is 1. The van der Waals surface area contributed by atoms with E-state index in [1.165, 1.54) is 0 Å². The van der Waals surface area contributed by atoms with E-state index in [4.69, 9.17) is 9.72 Å². The Kier molecular flexibility index (Phi) is 4.47. The summed E-state index contributed by atoms with van der Waals surface area (Å²) >= 11 is 1.66. The molecule has 2 heterocycles. The molecule has 0 saturated carbocycles. The first kappa shape index (κ1) is 15.7. The second-order valence-electron chi connectivity index (χ2n) is 6.00. The van der Waals surface area contributed by atoms with Crippen molar-refractivity contribution >= 4 is 17.3 Å². The second kappa shape index (κ2) is 5.98. The Balaban J connectivity index is 2.62. The maximum atomic E-state index is 12.2. The van der Waals surface area contributed by atoms with Gasteiger partial charge in [0.15, 0.2) is 0 Å². The first-order valence-electron chi connectivity index (χ1n) is 7.07. The molecular formula is C17H21NO2S. The van der Waals surface area contributed by atoms with Crippen molar-refractivity contribution < 1.29 is 9.53 Å². The van der Waals surface area contributed by atoms with Gasteiger partial charge in [-0.05, 0) is 36.9 Å². The second-order valence-corrected chi connectivity index (χ2v) is 6.95. The van der Waals surface area contributed by atoms with Gasteiger partial charge < -0.3 is 4.74 Å². The predicted octanol–water partition coefficient (Wildman–Crippen LogP) is 4.59. The molecule has 3 nitrogen and oxygen atoms in total. The van der Waals surface area contributed by atoms with Gasteiger partial charge in [0.05, 0.1) is 28.4 Å². The highest BCUT2D eigenvalue weighted by molar-refractivity contribution is 7.13. The van der Waals surface area contributed by atoms with Gasteiger partial charge >= 0.3 is 5.97 Å². The van der Waals surface area contributed by atoms with E-state index in [1.807, 2.05) is 31.4 Å². The van der Waals surface area contributed by atoms with E-state index in [0.717, 1.165) is 21.8 Å². The van der Waals surface area contributed by atoms with Gasteiger partial charge in [-0.3, -0.25) is 4.98 Å². The lowest BCUT2D eigenvalue weighted by Crippen LogP contribution is -2.21. The van der Waals surface area contributed by atoms with Crippen LogP contribution in [0.5, 0.6) is 0 Å². The van der Waals surface area contributed by atoms with Gasteiger partial charge in [0.25, 0.3) is 0 Å². The summed E-state index contributed by atoms with van der Waals surface area (Å²) in [7, 11) is 0. The molecule has 2 rings (SSSR count). The summed E-state index contributed by atoms with van der Waals surface area (Å²) in [5, 5.41) is 2.03. The Morgan fingerprint density at radius 1 is 1.38 bits per heavy atom. The van der Waals surface area contributed by atoms with Crippen LogP contribution in [0.3, 0.4) is 0 Å². The summed E-state index contributed by atoms with van der Waals surface area (Å²) in [4.78, 5) is 18.1. The lowest BCUT2D eigenvalue weighted by molar-refractivity contribution is 0.0522. The van der Waals surface area contributed by atoms with Gasteiger partial charge in [-0.25, -0.2) is 4.79 Å². The van der Waals surface area contributed by atoms with E-state index in [0.29, 0.717) is 12.2 Å². The molecular weight excluding hydrogens is 282 g/mol. The van der Waals surface area contributed by atoms with E-state index >= 15 is 0 Å². The van der Waals surface area contributed by atoms with Crippen LogP contribution in [0.4, 0.5) is 0 Å². The molecule has 112 valence electrons. The molecule has 0 aliphatic heterocycles. The van der Waals surface area contributed by atoms with Crippen LogP contribution in [0.2, 0.25) is 0 Å². The largest absolute Gasteiger partial charge is 0.462 e. The molecule has 0 aromatic carbocycles. The van der Waals surface area contributed by atoms with Gasteiger partial charge in [-0.1, -0.05) is 26.8 Å². The molecule has 0 radical (unpaired) electrons. The van der Waals surface area contributed by atoms with Crippen molar-refractivity contribution in [1.82, 2.24) is 4.98 Å². The maximum absolute atomic E-state index is 12.2. The third-order valence-electron chi connectivity index (χ3n) is 3.17. The Labute approximate surface area is 130 Å². The van der Waals surface area contributed by atoms with Crippen LogP contribution in [-0.2, 0) is 10.2 Å². The monoisotopic (exact) mass is 303 g/mol. The Morgan fingerprint density at radius 3 is 2.62 bits per heavy atom. The highest BCUT2D eigenvalue weighted by atomic mass is 32.1. The molecule has 21 heavy (non-hydrogen) atoms. The highest BCUT2D eigenvalue weighted by Crippen LogP contribution is 2.32. The fraction of sp³-hybridized carbons (Fsp3) is 0.412. The van der Waals surface area contributed by atoms with Crippen molar-refractivity contribution in [3.05, 3.63) is 40.4 Å². The zero-order valence-electron chi connectivity index (χ0n) is 13.2. The molecule has 0 spiro atoms. The number of ether oxygens (including phenoxy) is 1. The third-order valence-corrected chi connectivity index (χ3v) is 4.05. The molecule has 0 bridgehead atoms. The van der Waals surface area contributed by atoms with Crippen molar-refractivity contribution in [2.24, 2.45) is 0 Å². The normalized spacial score (nSPS) is 11.5. The zero-order chi connectivity index (χ0) is 15.6. The fourth-order valence-corrected chi connectivity index (χ4v) is 2.99. The molecule has 0 N–H and O–H groups in total. The Hall–Kier alpha value is -1.68. The number of pyridine rings is 1. The van der Waals surface area contributed by atoms with Crippen LogP contribution in [0, 0.1) is 6.92 Å². The third kappa shape index (κ3) is 3.32. The molecule has 2 aromatic heterocycles. The zero-order valence-corrected chi connectivity index (χ0v) is 14.0. The number of hydrogen-bond acceptors (Lipinski definition) is 4. The van der Waals surface area contributed by atoms with Gasteiger partial charge in [0.2, 0.25) is 0 Å². The molecule has 0 fully saturated rings. The molecule has 2 aromatic rings. The van der Waals surface area contributed by atoms with Crippen molar-refractivity contribution in [3.63, 3.8) is 0 Å². The van der Waals surface area contributed by atoms with Gasteiger partial charge in [-0.15, -0.1) is 11.3 Å². The average molecular weight is 303 g/mol. The summed E-state index contributed by atoms with van der Waals surface area (Å²) in [6, 6.07) is 5.97. The van der Waals surface area contributed by atoms with Crippen molar-refractivity contribution in [2.75, 3.05) is 6.61 Å². The van der Waals surface area contributed by atoms with Gasteiger partial charge in [-0.2, -0.15) is 0 Å². The van der Waals surface area contributed by atoms with Crippen molar-refractivity contribution in [2.45, 2.75) is 40.0 Å². The molecule has 0 unspecified atom stereocenters. The van der Waals surface area contributed by atoms with E-state index in [2.05, 4.69) is 26.8 Å². The van der Waals surface area contributed by atoms with Crippen molar-refractivity contribution in [3.8, 4) is 10.6 Å². The molecule has 0 saturated heterocycles. The quantitative estimate of drug-likeness (QED) is 0.778. The van der Waals surface area contributed by atoms with Crippen molar-refractivity contribution in [1.29, 1.82) is 0 Å². The lowest BCUT2D eigenvalue weighted by Gasteiger charge is -2.22. The maximum Gasteiger partial charge on any atom is 0.340 e. The number of esters is 1. The summed E-state index contributed by atoms with van der Waals surface area (Å²) in [5.74, 6) is -0.296. The topological polar surface area (TPSA) is 39.2 Å². The first-order valence-corrected chi connectivity index (χ1v) is 7.95. The van der Waals surface area contributed by atoms with Crippen LogP contribution in [0.15, 0.2) is 23.6 Å². The number of aromatic nitrogens is 1. The summed E-state index contributed by atoms with van der Waals surface area (Å²) < 4.78 is 5.17. The van der Waals surface area contributed by atoms with E-state index in [1.54, 1.807) is 11.3 Å². The SMILES string of the molecule is CCOC(=O)c1cc(C)c(-c2cccs2)nc1C(C)(C)C. The average Bonchev–Trinajstić information content (AvgIpc) is 2.91. The highest BCUT2D eigenvalue weighted by Gasteiger charge is 2.26. The van der Waals surface area contributed by atoms with Crippen LogP contribution in [-0.4, -0.2) is 17.6 Å². The van der Waals surface area contributed by atoms with Crippen LogP contribution in [0.1, 0.15) is 49.3 Å². The number of thiophene rings is 1. The molecule has 0 aliphatic rings. The number of aryl methyl sites for hydroxylation is 1. The Bertz CT molecular complexity index is 640. The summed E-state index contributed by atoms with van der Waals surface area (Å²) in [5.41, 5.74) is 3.08. The van der Waals surface area contributed by atoms with Crippen LogP contribution in [0.25, 0.3) is 10.6 Å². The number of carbonyl (C=O) groups is 1. The molecule has 0 atom stereocenters. The minimum absolute atomic E-state index is 0.220. The number of hydrogen-bond donors (Lipinski definition) is 0. The van der Waals surface area contributed by atoms with E-state index < -0.39 is 0 Å². The fourth-order valence-electron chi connectivity index (χ4n) is 2.21. The minimum Gasteiger partial charge on any atom is -0.462 e. The molecule has 4 heteroatoms. The lowest BCUT2D eigenvalue weighted by atomic mass is 9.87. The molecule has 0 aliphatic carbocycles. The van der Waals surface area contributed by atoms with Gasteiger partial charge in [0.1, 0.15) is 0 Å². The van der Waals surface area contributed by atoms with E-state index in [9.17, 15) is 4.79 Å². The standard InChI is InChI=1S/C17H21NO2S/c1-6-20-16(19)12-10-11(2)14(13-8-7-9-21-13)18-15(12)17(3,4)5/h7-10H,6H2,1-5H3. The van der Waals surface area contributed by atoms with Gasteiger partial charge in [0, 0.05) is 5.41 Å². The number of rotatable bonds is 3. The van der Waals surface area contributed by atoms with Crippen LogP contribution < -0.4 is 0 Å². The van der Waals surface area contributed by atoms with Crippen LogP contribution >= 0.6 is 11.3 Å². The Morgan fingerprint density at radius 2 is 2.10 bits per heavy atom. The predicted molar refractivity (Wildman–Crippen MR) is 86.9 cm³/mol. The number of carbonyl (C=O) groups excluding carboxylic acids is 1. The summed E-state index contributed by atoms with van der Waals surface area (Å²) in [6.07, 6.45) is 0. The minimum atomic E-state index is -0.296. The smallest absolute Gasteiger partial charge is 0.340 e. The van der Waals surface area contributed by atoms with E-state index in [-0.39, 0.29) is 11.4 Å².